The van der Waals surface area contributed by atoms with Gasteiger partial charge in [-0.15, -0.1) is 0 Å². The summed E-state index contributed by atoms with van der Waals surface area (Å²) < 4.78 is 0. The second-order valence-electron chi connectivity index (χ2n) is 2.33. The van der Waals surface area contributed by atoms with Crippen molar-refractivity contribution in [2.75, 3.05) is 0 Å². The van der Waals surface area contributed by atoms with Crippen LogP contribution >= 0.6 is 0 Å². The molecule has 2 aromatic rings. The smallest absolute Gasteiger partial charge is 0.0924 e. The Hall–Kier alpha value is -1.08. The van der Waals surface area contributed by atoms with Crippen molar-refractivity contribution in [2.24, 2.45) is 0 Å². The predicted molar refractivity (Wildman–Crippen MR) is 53.4 cm³/mol. The fourth-order valence-electron chi connectivity index (χ4n) is 1.03. The van der Waals surface area contributed by atoms with E-state index in [9.17, 15) is 0 Å². The Morgan fingerprint density at radius 2 is 1.77 bits per heavy atom. The van der Waals surface area contributed by atoms with Crippen LogP contribution in [0.4, 0.5) is 0 Å². The Bertz CT molecular complexity index is 321. The van der Waals surface area contributed by atoms with Crippen LogP contribution < -0.4 is 0 Å². The first-order valence-corrected chi connectivity index (χ1v) is 3.50. The van der Waals surface area contributed by atoms with E-state index in [1.165, 1.54) is 5.56 Å². The molecule has 0 bridgehead atoms. The molecule has 2 rings (SSSR count). The maximum absolute atomic E-state index is 3.94. The summed E-state index contributed by atoms with van der Waals surface area (Å²) in [5.41, 5.74) is 2.23. The molecule has 0 atom stereocenters. The van der Waals surface area contributed by atoms with E-state index >= 15 is 0 Å². The zero-order valence-electron chi connectivity index (χ0n) is 7.07. The highest BCUT2D eigenvalue weighted by Gasteiger charge is 1.94. The lowest BCUT2D eigenvalue weighted by Crippen LogP contribution is -1.73. The molecular formula is C9H10AlN2O. The van der Waals surface area contributed by atoms with Gasteiger partial charge in [-0.2, -0.15) is 0 Å². The lowest BCUT2D eigenvalue weighted by molar-refractivity contribution is 0.824. The Morgan fingerprint density at radius 3 is 2.31 bits per heavy atom. The number of nitrogens with zero attached hydrogens (tertiary/aromatic N) is 1. The average Bonchev–Trinajstić information content (AvgIpc) is 2.58. The average molecular weight is 189 g/mol. The number of imidazole rings is 1. The first-order chi connectivity index (χ1) is 5.47. The van der Waals surface area contributed by atoms with E-state index in [4.69, 9.17) is 0 Å². The first kappa shape index (κ1) is 11.9. The fraction of sp³-hybridized carbons (Fsp3) is 0. The summed E-state index contributed by atoms with van der Waals surface area (Å²) in [4.78, 5) is 6.99. The SMILES string of the molecule is O.[Al].c1ccc(-c2cnc[nH]2)cc1. The molecule has 1 aromatic carbocycles. The first-order valence-electron chi connectivity index (χ1n) is 3.50. The van der Waals surface area contributed by atoms with E-state index in [2.05, 4.69) is 9.97 Å². The van der Waals surface area contributed by atoms with Gasteiger partial charge >= 0.3 is 0 Å². The highest BCUT2D eigenvalue weighted by molar-refractivity contribution is 5.75. The van der Waals surface area contributed by atoms with Gasteiger partial charge in [0.2, 0.25) is 0 Å². The van der Waals surface area contributed by atoms with E-state index < -0.39 is 0 Å². The maximum atomic E-state index is 3.94. The van der Waals surface area contributed by atoms with Crippen molar-refractivity contribution >= 4 is 17.4 Å². The molecule has 3 radical (unpaired) electrons. The number of aromatic nitrogens is 2. The molecule has 1 heterocycles. The molecule has 0 unspecified atom stereocenters. The minimum atomic E-state index is 0. The lowest BCUT2D eigenvalue weighted by atomic mass is 10.2. The largest absolute Gasteiger partial charge is 0.412 e. The van der Waals surface area contributed by atoms with Gasteiger partial charge in [0, 0.05) is 17.4 Å². The van der Waals surface area contributed by atoms with E-state index in [1.807, 2.05) is 36.5 Å². The normalized spacial score (nSPS) is 8.31. The molecule has 65 valence electrons. The third-order valence-electron chi connectivity index (χ3n) is 1.58. The number of nitrogens with one attached hydrogen (secondary N) is 1. The van der Waals surface area contributed by atoms with Crippen LogP contribution in [0, 0.1) is 0 Å². The summed E-state index contributed by atoms with van der Waals surface area (Å²) in [6.45, 7) is 0. The van der Waals surface area contributed by atoms with Crippen LogP contribution in [-0.4, -0.2) is 32.8 Å². The topological polar surface area (TPSA) is 60.2 Å². The molecule has 4 heteroatoms. The van der Waals surface area contributed by atoms with Gasteiger partial charge in [0.25, 0.3) is 0 Å². The number of H-pyrrole nitrogens is 1. The second kappa shape index (κ2) is 5.55. The molecule has 0 aliphatic rings. The van der Waals surface area contributed by atoms with Crippen LogP contribution in [0.1, 0.15) is 0 Å². The van der Waals surface area contributed by atoms with Crippen LogP contribution in [0.3, 0.4) is 0 Å². The number of benzene rings is 1. The zero-order valence-corrected chi connectivity index (χ0v) is 8.22. The van der Waals surface area contributed by atoms with Gasteiger partial charge in [-0.1, -0.05) is 30.3 Å². The van der Waals surface area contributed by atoms with E-state index in [-0.39, 0.29) is 22.8 Å². The third-order valence-corrected chi connectivity index (χ3v) is 1.58. The summed E-state index contributed by atoms with van der Waals surface area (Å²) in [7, 11) is 0. The van der Waals surface area contributed by atoms with Gasteiger partial charge in [0.15, 0.2) is 0 Å². The molecule has 0 aliphatic heterocycles. The Labute approximate surface area is 87.3 Å². The second-order valence-corrected chi connectivity index (χ2v) is 2.33. The van der Waals surface area contributed by atoms with Crippen molar-refractivity contribution in [1.82, 2.24) is 9.97 Å². The van der Waals surface area contributed by atoms with Crippen LogP contribution in [0.5, 0.6) is 0 Å². The molecule has 0 amide bonds. The van der Waals surface area contributed by atoms with Crippen LogP contribution in [0.15, 0.2) is 42.9 Å². The lowest BCUT2D eigenvalue weighted by Gasteiger charge is -1.93. The predicted octanol–water partition coefficient (Wildman–Crippen LogP) is 0.871. The van der Waals surface area contributed by atoms with Crippen LogP contribution in [0.25, 0.3) is 11.3 Å². The van der Waals surface area contributed by atoms with E-state index in [1.54, 1.807) is 6.33 Å². The summed E-state index contributed by atoms with van der Waals surface area (Å²) in [5.74, 6) is 0. The summed E-state index contributed by atoms with van der Waals surface area (Å²) in [5, 5.41) is 0. The van der Waals surface area contributed by atoms with E-state index in [0.717, 1.165) is 5.69 Å². The molecule has 0 saturated carbocycles. The van der Waals surface area contributed by atoms with Crippen molar-refractivity contribution in [2.45, 2.75) is 0 Å². The summed E-state index contributed by atoms with van der Waals surface area (Å²) in [6.07, 6.45) is 3.50. The van der Waals surface area contributed by atoms with Crippen molar-refractivity contribution < 1.29 is 5.48 Å². The van der Waals surface area contributed by atoms with Crippen molar-refractivity contribution in [3.63, 3.8) is 0 Å². The molecule has 0 aliphatic carbocycles. The van der Waals surface area contributed by atoms with Crippen LogP contribution in [-0.2, 0) is 0 Å². The molecule has 3 nitrogen and oxygen atoms in total. The van der Waals surface area contributed by atoms with Gasteiger partial charge in [0.05, 0.1) is 18.2 Å². The van der Waals surface area contributed by atoms with Gasteiger partial charge < -0.3 is 10.5 Å². The summed E-state index contributed by atoms with van der Waals surface area (Å²) >= 11 is 0. The molecule has 0 spiro atoms. The van der Waals surface area contributed by atoms with Crippen molar-refractivity contribution in [3.8, 4) is 11.3 Å². The standard InChI is InChI=1S/C9H8N2.Al.H2O/c1-2-4-8(5-3-1)9-6-10-7-11-9;;/h1-7H,(H,10,11);;1H2. The monoisotopic (exact) mass is 189 g/mol. The minimum Gasteiger partial charge on any atom is -0.412 e. The van der Waals surface area contributed by atoms with Gasteiger partial charge in [-0.3, -0.25) is 0 Å². The van der Waals surface area contributed by atoms with Crippen LogP contribution in [0.2, 0.25) is 0 Å². The molecule has 0 saturated heterocycles. The quantitative estimate of drug-likeness (QED) is 0.665. The van der Waals surface area contributed by atoms with Crippen molar-refractivity contribution in [3.05, 3.63) is 42.9 Å². The third kappa shape index (κ3) is 2.71. The van der Waals surface area contributed by atoms with Crippen molar-refractivity contribution in [1.29, 1.82) is 0 Å². The Kier molecular flexibility index (Phi) is 5.09. The highest BCUT2D eigenvalue weighted by atomic mass is 27.0. The Balaban J connectivity index is 0.000000720. The molecule has 1 aromatic heterocycles. The fourth-order valence-corrected chi connectivity index (χ4v) is 1.03. The summed E-state index contributed by atoms with van der Waals surface area (Å²) in [6, 6.07) is 10.1. The van der Waals surface area contributed by atoms with Gasteiger partial charge in [-0.05, 0) is 5.56 Å². The molecular weight excluding hydrogens is 179 g/mol. The molecule has 3 N–H and O–H groups in total. The zero-order chi connectivity index (χ0) is 7.52. The molecule has 0 fully saturated rings. The molecule has 13 heavy (non-hydrogen) atoms. The number of hydrogen-bond donors (Lipinski definition) is 1. The minimum absolute atomic E-state index is 0. The number of rotatable bonds is 1. The number of aromatic amines is 1. The number of hydrogen-bond acceptors (Lipinski definition) is 1. The highest BCUT2D eigenvalue weighted by Crippen LogP contribution is 2.13. The van der Waals surface area contributed by atoms with Gasteiger partial charge in [-0.25, -0.2) is 4.98 Å². The Morgan fingerprint density at radius 1 is 1.08 bits per heavy atom. The van der Waals surface area contributed by atoms with Gasteiger partial charge in [0.1, 0.15) is 0 Å². The van der Waals surface area contributed by atoms with E-state index in [0.29, 0.717) is 0 Å². The maximum Gasteiger partial charge on any atom is 0.0924 e.